The summed E-state index contributed by atoms with van der Waals surface area (Å²) in [4.78, 5) is 3.56. The van der Waals surface area contributed by atoms with Crippen LogP contribution >= 0.6 is 15.9 Å². The maximum absolute atomic E-state index is 12.6. The van der Waals surface area contributed by atoms with Gasteiger partial charge in [0.15, 0.2) is 0 Å². The van der Waals surface area contributed by atoms with E-state index in [0.29, 0.717) is 10.9 Å². The molecule has 1 heterocycles. The van der Waals surface area contributed by atoms with Crippen molar-refractivity contribution in [3.8, 4) is 6.07 Å². The van der Waals surface area contributed by atoms with Crippen LogP contribution in [-0.2, 0) is 11.8 Å². The Bertz CT molecular complexity index is 401. The number of pyridine rings is 1. The molecule has 0 radical (unpaired) electrons. The fraction of sp³-hybridized carbons (Fsp3) is 0.333. The highest BCUT2D eigenvalue weighted by molar-refractivity contribution is 9.08. The molecule has 2 N–H and O–H groups in total. The van der Waals surface area contributed by atoms with Crippen LogP contribution in [0.3, 0.4) is 0 Å². The average Bonchev–Trinajstić information content (AvgIpc) is 2.19. The van der Waals surface area contributed by atoms with Gasteiger partial charge in [-0.1, -0.05) is 15.9 Å². The molecule has 0 saturated carbocycles. The quantitative estimate of drug-likeness (QED) is 0.863. The van der Waals surface area contributed by atoms with Gasteiger partial charge in [-0.3, -0.25) is 0 Å². The first-order valence-corrected chi connectivity index (χ1v) is 5.21. The molecule has 0 amide bonds. The van der Waals surface area contributed by atoms with Gasteiger partial charge in [0.1, 0.15) is 11.5 Å². The van der Waals surface area contributed by atoms with E-state index in [1.54, 1.807) is 0 Å². The number of anilines is 1. The summed E-state index contributed by atoms with van der Waals surface area (Å²) in [5, 5.41) is 8.92. The molecule has 0 atom stereocenters. The van der Waals surface area contributed by atoms with Crippen LogP contribution in [0.2, 0.25) is 0 Å². The van der Waals surface area contributed by atoms with E-state index in [2.05, 4.69) is 20.9 Å². The van der Waals surface area contributed by atoms with Crippen molar-refractivity contribution in [3.63, 3.8) is 0 Å². The molecule has 1 aromatic rings. The van der Waals surface area contributed by atoms with Gasteiger partial charge >= 0.3 is 0 Å². The Balaban J connectivity index is 3.34. The number of rotatable bonds is 3. The zero-order valence-corrected chi connectivity index (χ0v) is 9.26. The molecule has 0 aliphatic carbocycles. The number of halogens is 3. The number of nitrogens with two attached hydrogens (primary N) is 1. The molecule has 1 aromatic heterocycles. The highest BCUT2D eigenvalue weighted by Gasteiger charge is 2.18. The molecule has 6 heteroatoms. The molecule has 0 bridgehead atoms. The topological polar surface area (TPSA) is 62.7 Å². The van der Waals surface area contributed by atoms with Crippen LogP contribution in [0.1, 0.15) is 23.2 Å². The molecule has 0 saturated heterocycles. The van der Waals surface area contributed by atoms with Gasteiger partial charge in [-0.2, -0.15) is 5.26 Å². The average molecular weight is 276 g/mol. The Morgan fingerprint density at radius 2 is 2.27 bits per heavy atom. The molecular weight excluding hydrogens is 268 g/mol. The third-order valence-corrected chi connectivity index (χ3v) is 2.48. The van der Waals surface area contributed by atoms with Crippen molar-refractivity contribution in [2.45, 2.75) is 18.2 Å². The SMILES string of the molecule is N#CCc1c(CBr)cc(N)nc1C(F)F. The maximum atomic E-state index is 12.6. The Morgan fingerprint density at radius 3 is 2.73 bits per heavy atom. The number of aromatic nitrogens is 1. The second-order valence-corrected chi connectivity index (χ2v) is 3.40. The molecule has 0 unspecified atom stereocenters. The summed E-state index contributed by atoms with van der Waals surface area (Å²) in [6.07, 6.45) is -2.80. The van der Waals surface area contributed by atoms with E-state index in [4.69, 9.17) is 11.0 Å². The maximum Gasteiger partial charge on any atom is 0.280 e. The van der Waals surface area contributed by atoms with Gasteiger partial charge in [-0.05, 0) is 17.2 Å². The predicted octanol–water partition coefficient (Wildman–Crippen LogP) is 2.56. The summed E-state index contributed by atoms with van der Waals surface area (Å²) in [5.41, 5.74) is 5.84. The van der Waals surface area contributed by atoms with E-state index < -0.39 is 12.1 Å². The van der Waals surface area contributed by atoms with Gasteiger partial charge in [0, 0.05) is 5.33 Å². The zero-order valence-electron chi connectivity index (χ0n) is 7.67. The van der Waals surface area contributed by atoms with Gasteiger partial charge in [0.05, 0.1) is 12.5 Å². The lowest BCUT2D eigenvalue weighted by atomic mass is 10.0. The second-order valence-electron chi connectivity index (χ2n) is 2.84. The molecule has 15 heavy (non-hydrogen) atoms. The van der Waals surface area contributed by atoms with Crippen molar-refractivity contribution >= 4 is 21.7 Å². The first kappa shape index (κ1) is 11.9. The summed E-state index contributed by atoms with van der Waals surface area (Å²) in [7, 11) is 0. The predicted molar refractivity (Wildman–Crippen MR) is 55.6 cm³/mol. The Kier molecular flexibility index (Phi) is 3.97. The van der Waals surface area contributed by atoms with Crippen molar-refractivity contribution < 1.29 is 8.78 Å². The van der Waals surface area contributed by atoms with E-state index in [0.717, 1.165) is 0 Å². The monoisotopic (exact) mass is 275 g/mol. The molecular formula is C9H8BrF2N3. The Morgan fingerprint density at radius 1 is 1.60 bits per heavy atom. The minimum absolute atomic E-state index is 0.0430. The van der Waals surface area contributed by atoms with Gasteiger partial charge in [0.2, 0.25) is 0 Å². The molecule has 0 fully saturated rings. The lowest BCUT2D eigenvalue weighted by Gasteiger charge is -2.10. The third-order valence-electron chi connectivity index (χ3n) is 1.87. The molecule has 80 valence electrons. The lowest BCUT2D eigenvalue weighted by molar-refractivity contribution is 0.145. The van der Waals surface area contributed by atoms with Gasteiger partial charge < -0.3 is 5.73 Å². The number of alkyl halides is 3. The van der Waals surface area contributed by atoms with Crippen LogP contribution in [0.4, 0.5) is 14.6 Å². The van der Waals surface area contributed by atoms with Crippen LogP contribution < -0.4 is 5.73 Å². The summed E-state index contributed by atoms with van der Waals surface area (Å²) < 4.78 is 25.2. The number of nitriles is 1. The molecule has 0 spiro atoms. The summed E-state index contributed by atoms with van der Waals surface area (Å²) in [5.74, 6) is 0.0430. The van der Waals surface area contributed by atoms with Gasteiger partial charge in [-0.15, -0.1) is 0 Å². The number of nitrogen functional groups attached to an aromatic ring is 1. The first-order valence-electron chi connectivity index (χ1n) is 4.09. The van der Waals surface area contributed by atoms with Crippen molar-refractivity contribution in [1.29, 1.82) is 5.26 Å². The van der Waals surface area contributed by atoms with Crippen LogP contribution in [0.15, 0.2) is 6.07 Å². The standard InChI is InChI=1S/C9H8BrF2N3/c10-4-5-3-7(14)15-8(9(11)12)6(5)1-2-13/h3,9H,1,4H2,(H2,14,15). The van der Waals surface area contributed by atoms with E-state index in [9.17, 15) is 8.78 Å². The lowest BCUT2D eigenvalue weighted by Crippen LogP contribution is -2.05. The highest BCUT2D eigenvalue weighted by atomic mass is 79.9. The smallest absolute Gasteiger partial charge is 0.280 e. The molecule has 0 aliphatic heterocycles. The van der Waals surface area contributed by atoms with E-state index in [1.165, 1.54) is 6.07 Å². The Labute approximate surface area is 94.0 Å². The normalized spacial score (nSPS) is 10.3. The summed E-state index contributed by atoms with van der Waals surface area (Å²) in [6.45, 7) is 0. The van der Waals surface area contributed by atoms with Crippen molar-refractivity contribution in [3.05, 3.63) is 22.9 Å². The summed E-state index contributed by atoms with van der Waals surface area (Å²) in [6, 6.07) is 3.33. The molecule has 3 nitrogen and oxygen atoms in total. The third kappa shape index (κ3) is 2.63. The van der Waals surface area contributed by atoms with E-state index in [-0.39, 0.29) is 17.8 Å². The van der Waals surface area contributed by atoms with Crippen molar-refractivity contribution in [1.82, 2.24) is 4.98 Å². The molecule has 0 aliphatic rings. The fourth-order valence-electron chi connectivity index (χ4n) is 1.25. The van der Waals surface area contributed by atoms with Crippen molar-refractivity contribution in [2.24, 2.45) is 0 Å². The Hall–Kier alpha value is -1.22. The van der Waals surface area contributed by atoms with Crippen LogP contribution in [0.25, 0.3) is 0 Å². The van der Waals surface area contributed by atoms with Crippen LogP contribution in [0.5, 0.6) is 0 Å². The number of hydrogen-bond acceptors (Lipinski definition) is 3. The number of nitrogens with zero attached hydrogens (tertiary/aromatic N) is 2. The number of hydrogen-bond donors (Lipinski definition) is 1. The fourth-order valence-corrected chi connectivity index (χ4v) is 1.75. The van der Waals surface area contributed by atoms with E-state index in [1.807, 2.05) is 6.07 Å². The van der Waals surface area contributed by atoms with Gasteiger partial charge in [-0.25, -0.2) is 13.8 Å². The minimum Gasteiger partial charge on any atom is -0.384 e. The summed E-state index contributed by atoms with van der Waals surface area (Å²) >= 11 is 3.16. The molecule has 0 aromatic carbocycles. The highest BCUT2D eigenvalue weighted by Crippen LogP contribution is 2.26. The van der Waals surface area contributed by atoms with E-state index >= 15 is 0 Å². The minimum atomic E-state index is -2.71. The van der Waals surface area contributed by atoms with Crippen LogP contribution in [0, 0.1) is 11.3 Å². The zero-order chi connectivity index (χ0) is 11.4. The van der Waals surface area contributed by atoms with Crippen molar-refractivity contribution in [2.75, 3.05) is 5.73 Å². The van der Waals surface area contributed by atoms with Gasteiger partial charge in [0.25, 0.3) is 6.43 Å². The largest absolute Gasteiger partial charge is 0.384 e. The first-order chi connectivity index (χ1) is 7.10. The molecule has 1 rings (SSSR count). The van der Waals surface area contributed by atoms with Crippen LogP contribution in [-0.4, -0.2) is 4.98 Å². The second kappa shape index (κ2) is 5.03.